The van der Waals surface area contributed by atoms with Crippen molar-refractivity contribution in [1.82, 2.24) is 15.6 Å². The van der Waals surface area contributed by atoms with Crippen LogP contribution in [0.4, 0.5) is 0 Å². The molecule has 6 nitrogen and oxygen atoms in total. The minimum Gasteiger partial charge on any atom is -0.491 e. The van der Waals surface area contributed by atoms with Crippen LogP contribution in [0.15, 0.2) is 41.5 Å². The Balaban J connectivity index is 1.85. The molecule has 0 atom stereocenters. The topological polar surface area (TPSA) is 67.8 Å². The van der Waals surface area contributed by atoms with Gasteiger partial charge in [-0.15, -0.1) is 0 Å². The number of aryl methyl sites for hydroxylation is 1. The summed E-state index contributed by atoms with van der Waals surface area (Å²) in [6.45, 7) is 4.49. The van der Waals surface area contributed by atoms with E-state index in [1.54, 1.807) is 26.4 Å². The van der Waals surface area contributed by atoms with E-state index in [0.717, 1.165) is 41.4 Å². The van der Waals surface area contributed by atoms with E-state index in [1.807, 2.05) is 19.1 Å². The molecule has 7 heteroatoms. The number of aliphatic imine (C=N–C) groups is 1. The zero-order chi connectivity index (χ0) is 19.5. The van der Waals surface area contributed by atoms with Gasteiger partial charge in [-0.1, -0.05) is 29.8 Å². The molecule has 2 rings (SSSR count). The van der Waals surface area contributed by atoms with E-state index in [4.69, 9.17) is 21.1 Å². The molecule has 146 valence electrons. The molecule has 0 saturated heterocycles. The highest BCUT2D eigenvalue weighted by atomic mass is 35.5. The summed E-state index contributed by atoms with van der Waals surface area (Å²) in [5.41, 5.74) is 3.35. The average molecular weight is 391 g/mol. The first-order chi connectivity index (χ1) is 13.1. The summed E-state index contributed by atoms with van der Waals surface area (Å²) in [6.07, 6.45) is 2.62. The van der Waals surface area contributed by atoms with E-state index >= 15 is 0 Å². The number of nitrogens with one attached hydrogen (secondary N) is 2. The summed E-state index contributed by atoms with van der Waals surface area (Å²) in [6, 6.07) is 9.95. The number of aromatic nitrogens is 1. The van der Waals surface area contributed by atoms with E-state index in [9.17, 15) is 0 Å². The highest BCUT2D eigenvalue weighted by Gasteiger charge is 2.06. The molecule has 1 aromatic carbocycles. The van der Waals surface area contributed by atoms with Crippen molar-refractivity contribution in [1.29, 1.82) is 0 Å². The van der Waals surface area contributed by atoms with Crippen LogP contribution >= 0.6 is 11.6 Å². The molecular weight excluding hydrogens is 364 g/mol. The van der Waals surface area contributed by atoms with Crippen molar-refractivity contribution in [2.45, 2.75) is 19.9 Å². The van der Waals surface area contributed by atoms with Crippen LogP contribution in [-0.2, 0) is 17.7 Å². The maximum absolute atomic E-state index is 5.83. The molecule has 0 aliphatic heterocycles. The Labute approximate surface area is 166 Å². The van der Waals surface area contributed by atoms with Crippen molar-refractivity contribution in [3.63, 3.8) is 0 Å². The Morgan fingerprint density at radius 3 is 2.74 bits per heavy atom. The third-order valence-corrected chi connectivity index (χ3v) is 4.16. The number of hydrogen-bond donors (Lipinski definition) is 2. The smallest absolute Gasteiger partial charge is 0.191 e. The Morgan fingerprint density at radius 1 is 1.19 bits per heavy atom. The molecule has 0 spiro atoms. The number of methoxy groups -OCH3 is 1. The summed E-state index contributed by atoms with van der Waals surface area (Å²) in [7, 11) is 3.42. The fraction of sp³-hybridized carbons (Fsp3) is 0.400. The van der Waals surface area contributed by atoms with Gasteiger partial charge in [0.15, 0.2) is 5.96 Å². The Kier molecular flexibility index (Phi) is 8.87. The maximum Gasteiger partial charge on any atom is 0.191 e. The zero-order valence-corrected chi connectivity index (χ0v) is 16.8. The average Bonchev–Trinajstić information content (AvgIpc) is 2.67. The lowest BCUT2D eigenvalue weighted by atomic mass is 10.1. The van der Waals surface area contributed by atoms with Gasteiger partial charge < -0.3 is 20.1 Å². The van der Waals surface area contributed by atoms with Crippen LogP contribution in [0.3, 0.4) is 0 Å². The van der Waals surface area contributed by atoms with Gasteiger partial charge in [0, 0.05) is 39.0 Å². The van der Waals surface area contributed by atoms with Gasteiger partial charge in [-0.2, -0.15) is 0 Å². The second kappa shape index (κ2) is 11.4. The number of nitrogens with zero attached hydrogens (tertiary/aromatic N) is 2. The van der Waals surface area contributed by atoms with Crippen LogP contribution in [0.2, 0.25) is 5.15 Å². The van der Waals surface area contributed by atoms with Crippen molar-refractivity contribution in [3.8, 4) is 5.75 Å². The van der Waals surface area contributed by atoms with E-state index in [0.29, 0.717) is 24.9 Å². The largest absolute Gasteiger partial charge is 0.491 e. The molecule has 0 saturated carbocycles. The summed E-state index contributed by atoms with van der Waals surface area (Å²) in [4.78, 5) is 8.36. The highest BCUT2D eigenvalue weighted by Crippen LogP contribution is 2.20. The monoisotopic (exact) mass is 390 g/mol. The summed E-state index contributed by atoms with van der Waals surface area (Å²) in [5.74, 6) is 1.60. The van der Waals surface area contributed by atoms with E-state index < -0.39 is 0 Å². The van der Waals surface area contributed by atoms with Gasteiger partial charge in [0.1, 0.15) is 17.5 Å². The fourth-order valence-corrected chi connectivity index (χ4v) is 2.57. The molecule has 1 aromatic heterocycles. The van der Waals surface area contributed by atoms with E-state index in [1.165, 1.54) is 0 Å². The standard InChI is InChI=1S/C20H27ClN4O2/c1-15-4-6-17(18(12-15)27-11-10-26-3)14-25-20(22-2)23-9-8-16-5-7-19(21)24-13-16/h4-7,12-13H,8-11,14H2,1-3H3,(H2,22,23,25). The minimum absolute atomic E-state index is 0.505. The lowest BCUT2D eigenvalue weighted by Gasteiger charge is -2.15. The zero-order valence-electron chi connectivity index (χ0n) is 16.1. The summed E-state index contributed by atoms with van der Waals surface area (Å²) in [5, 5.41) is 7.13. The molecule has 0 radical (unpaired) electrons. The van der Waals surface area contributed by atoms with Crippen LogP contribution in [0.1, 0.15) is 16.7 Å². The Morgan fingerprint density at radius 2 is 2.04 bits per heavy atom. The molecule has 0 aliphatic rings. The molecule has 2 aromatic rings. The molecule has 27 heavy (non-hydrogen) atoms. The van der Waals surface area contributed by atoms with Gasteiger partial charge in [0.25, 0.3) is 0 Å². The van der Waals surface area contributed by atoms with Crippen LogP contribution < -0.4 is 15.4 Å². The number of benzene rings is 1. The first-order valence-corrected chi connectivity index (χ1v) is 9.26. The predicted octanol–water partition coefficient (Wildman–Crippen LogP) is 2.98. The van der Waals surface area contributed by atoms with Crippen molar-refractivity contribution in [2.75, 3.05) is 33.9 Å². The highest BCUT2D eigenvalue weighted by molar-refractivity contribution is 6.29. The molecule has 1 heterocycles. The van der Waals surface area contributed by atoms with Crippen LogP contribution in [-0.4, -0.2) is 44.9 Å². The summed E-state index contributed by atoms with van der Waals surface area (Å²) >= 11 is 5.81. The SMILES string of the molecule is CN=C(NCCc1ccc(Cl)nc1)NCc1ccc(C)cc1OCCOC. The van der Waals surface area contributed by atoms with Gasteiger partial charge >= 0.3 is 0 Å². The normalized spacial score (nSPS) is 11.3. The first kappa shape index (κ1) is 21.0. The fourth-order valence-electron chi connectivity index (χ4n) is 2.46. The number of rotatable bonds is 9. The predicted molar refractivity (Wildman–Crippen MR) is 110 cm³/mol. The van der Waals surface area contributed by atoms with Gasteiger partial charge in [-0.05, 0) is 36.6 Å². The number of hydrogen-bond acceptors (Lipinski definition) is 4. The van der Waals surface area contributed by atoms with E-state index in [-0.39, 0.29) is 0 Å². The minimum atomic E-state index is 0.505. The second-order valence-corrected chi connectivity index (χ2v) is 6.43. The molecular formula is C20H27ClN4O2. The Hall–Kier alpha value is -2.31. The van der Waals surface area contributed by atoms with Crippen molar-refractivity contribution >= 4 is 17.6 Å². The lowest BCUT2D eigenvalue weighted by molar-refractivity contribution is 0.145. The van der Waals surface area contributed by atoms with Crippen molar-refractivity contribution < 1.29 is 9.47 Å². The Bertz CT molecular complexity index is 735. The maximum atomic E-state index is 5.83. The van der Waals surface area contributed by atoms with Gasteiger partial charge in [0.05, 0.1) is 6.61 Å². The molecule has 0 unspecified atom stereocenters. The molecule has 0 bridgehead atoms. The number of guanidine groups is 1. The number of ether oxygens (including phenoxy) is 2. The number of pyridine rings is 1. The molecule has 0 fully saturated rings. The van der Waals surface area contributed by atoms with Crippen LogP contribution in [0.25, 0.3) is 0 Å². The molecule has 0 amide bonds. The third-order valence-electron chi connectivity index (χ3n) is 3.93. The first-order valence-electron chi connectivity index (χ1n) is 8.88. The number of halogens is 1. The second-order valence-electron chi connectivity index (χ2n) is 6.04. The van der Waals surface area contributed by atoms with E-state index in [2.05, 4.69) is 32.7 Å². The lowest BCUT2D eigenvalue weighted by Crippen LogP contribution is -2.38. The van der Waals surface area contributed by atoms with Gasteiger partial charge in [-0.3, -0.25) is 4.99 Å². The summed E-state index contributed by atoms with van der Waals surface area (Å²) < 4.78 is 10.9. The van der Waals surface area contributed by atoms with Crippen molar-refractivity contribution in [3.05, 3.63) is 58.4 Å². The molecule has 0 aliphatic carbocycles. The van der Waals surface area contributed by atoms with Crippen molar-refractivity contribution in [2.24, 2.45) is 4.99 Å². The van der Waals surface area contributed by atoms with Crippen LogP contribution in [0.5, 0.6) is 5.75 Å². The molecule has 2 N–H and O–H groups in total. The van der Waals surface area contributed by atoms with Crippen LogP contribution in [0, 0.1) is 6.92 Å². The third kappa shape index (κ3) is 7.45. The van der Waals surface area contributed by atoms with Gasteiger partial charge in [0.2, 0.25) is 0 Å². The quantitative estimate of drug-likeness (QED) is 0.298. The van der Waals surface area contributed by atoms with Gasteiger partial charge in [-0.25, -0.2) is 4.98 Å².